The van der Waals surface area contributed by atoms with Gasteiger partial charge in [-0.3, -0.25) is 19.8 Å². The van der Waals surface area contributed by atoms with Crippen LogP contribution in [-0.4, -0.2) is 48.9 Å². The first-order valence-electron chi connectivity index (χ1n) is 5.84. The number of nitrogens with one attached hydrogen (secondary N) is 1. The van der Waals surface area contributed by atoms with Crippen molar-refractivity contribution in [2.24, 2.45) is 0 Å². The lowest BCUT2D eigenvalue weighted by molar-refractivity contribution is -0.139. The molecule has 0 bridgehead atoms. The van der Waals surface area contributed by atoms with Gasteiger partial charge < -0.3 is 4.74 Å². The number of ether oxygens (including phenoxy) is 1. The molecule has 18 heavy (non-hydrogen) atoms. The molecule has 1 fully saturated rings. The number of hydrogen-bond acceptors (Lipinski definition) is 5. The topological polar surface area (TPSA) is 75.7 Å². The van der Waals surface area contributed by atoms with Crippen molar-refractivity contribution in [3.63, 3.8) is 0 Å². The molecule has 1 heterocycles. The van der Waals surface area contributed by atoms with E-state index in [0.717, 1.165) is 0 Å². The highest BCUT2D eigenvalue weighted by molar-refractivity contribution is 6.00. The first-order valence-corrected chi connectivity index (χ1v) is 5.84. The predicted octanol–water partition coefficient (Wildman–Crippen LogP) is -0.157. The van der Waals surface area contributed by atoms with E-state index in [0.29, 0.717) is 18.5 Å². The van der Waals surface area contributed by atoms with Crippen LogP contribution in [0.3, 0.4) is 0 Å². The van der Waals surface area contributed by atoms with E-state index in [1.54, 1.807) is 17.9 Å². The normalized spacial score (nSPS) is 21.7. The van der Waals surface area contributed by atoms with Crippen LogP contribution < -0.4 is 5.32 Å². The highest BCUT2D eigenvalue weighted by Crippen LogP contribution is 2.08. The molecule has 0 spiro atoms. The van der Waals surface area contributed by atoms with Crippen molar-refractivity contribution < 1.29 is 19.1 Å². The minimum absolute atomic E-state index is 0.154. The zero-order valence-electron chi connectivity index (χ0n) is 10.9. The van der Waals surface area contributed by atoms with Crippen molar-refractivity contribution in [3.8, 4) is 0 Å². The summed E-state index contributed by atoms with van der Waals surface area (Å²) in [4.78, 5) is 35.8. The molecular formula is C12H18N2O4. The third-order valence-corrected chi connectivity index (χ3v) is 2.94. The molecule has 1 rings (SSSR count). The molecule has 1 N–H and O–H groups in total. The Morgan fingerprint density at radius 2 is 2.22 bits per heavy atom. The summed E-state index contributed by atoms with van der Waals surface area (Å²) in [5.74, 6) is -1.00. The molecule has 6 heteroatoms. The molecule has 2 amide bonds. The molecule has 6 nitrogen and oxygen atoms in total. The summed E-state index contributed by atoms with van der Waals surface area (Å²) in [6, 6.07) is -0.380. The van der Waals surface area contributed by atoms with E-state index in [2.05, 4.69) is 10.1 Å². The number of hydrogen-bond donors (Lipinski definition) is 1. The maximum absolute atomic E-state index is 11.4. The lowest BCUT2D eigenvalue weighted by atomic mass is 10.1. The second-order valence-corrected chi connectivity index (χ2v) is 4.09. The Labute approximate surface area is 106 Å². The van der Waals surface area contributed by atoms with Gasteiger partial charge in [0.05, 0.1) is 19.7 Å². The van der Waals surface area contributed by atoms with Crippen molar-refractivity contribution in [2.45, 2.75) is 26.3 Å². The van der Waals surface area contributed by atoms with Crippen LogP contribution in [-0.2, 0) is 19.1 Å². The summed E-state index contributed by atoms with van der Waals surface area (Å²) in [6.07, 6.45) is 2.25. The van der Waals surface area contributed by atoms with E-state index in [9.17, 15) is 14.4 Å². The SMILES string of the molecule is CCC(=CCN1CC(=O)NC(=O)C1C)C(=O)OC. The maximum atomic E-state index is 11.4. The summed E-state index contributed by atoms with van der Waals surface area (Å²) < 4.78 is 4.64. The highest BCUT2D eigenvalue weighted by Gasteiger charge is 2.29. The molecular weight excluding hydrogens is 236 g/mol. The lowest BCUT2D eigenvalue weighted by Crippen LogP contribution is -2.56. The minimum atomic E-state index is -0.380. The molecule has 1 aliphatic rings. The van der Waals surface area contributed by atoms with E-state index in [1.807, 2.05) is 6.92 Å². The van der Waals surface area contributed by atoms with Gasteiger partial charge in [0, 0.05) is 12.1 Å². The van der Waals surface area contributed by atoms with Gasteiger partial charge in [0.2, 0.25) is 11.8 Å². The number of carbonyl (C=O) groups excluding carboxylic acids is 3. The molecule has 0 aromatic carbocycles. The second kappa shape index (κ2) is 6.30. The molecule has 1 unspecified atom stereocenters. The fourth-order valence-electron chi connectivity index (χ4n) is 1.72. The standard InChI is InChI=1S/C12H18N2O4/c1-4-9(12(17)18-3)5-6-14-7-10(15)13-11(16)8(14)2/h5,8H,4,6-7H2,1-3H3,(H,13,15,16). The lowest BCUT2D eigenvalue weighted by Gasteiger charge is -2.30. The summed E-state index contributed by atoms with van der Waals surface area (Å²) in [5, 5.41) is 2.26. The Bertz CT molecular complexity index is 390. The molecule has 0 saturated carbocycles. The Morgan fingerprint density at radius 1 is 1.56 bits per heavy atom. The first kappa shape index (κ1) is 14.4. The van der Waals surface area contributed by atoms with Crippen LogP contribution in [0.25, 0.3) is 0 Å². The second-order valence-electron chi connectivity index (χ2n) is 4.09. The quantitative estimate of drug-likeness (QED) is 0.429. The monoisotopic (exact) mass is 254 g/mol. The number of piperazine rings is 1. The summed E-state index contributed by atoms with van der Waals surface area (Å²) in [6.45, 7) is 4.10. The smallest absolute Gasteiger partial charge is 0.333 e. The largest absolute Gasteiger partial charge is 0.466 e. The fourth-order valence-corrected chi connectivity index (χ4v) is 1.72. The van der Waals surface area contributed by atoms with Gasteiger partial charge in [-0.25, -0.2) is 4.79 Å². The van der Waals surface area contributed by atoms with Gasteiger partial charge in [0.25, 0.3) is 0 Å². The van der Waals surface area contributed by atoms with Crippen LogP contribution in [0, 0.1) is 0 Å². The van der Waals surface area contributed by atoms with E-state index in [4.69, 9.17) is 0 Å². The third kappa shape index (κ3) is 3.40. The summed E-state index contributed by atoms with van der Waals surface area (Å²) >= 11 is 0. The summed E-state index contributed by atoms with van der Waals surface area (Å²) in [7, 11) is 1.33. The molecule has 0 aromatic heterocycles. The van der Waals surface area contributed by atoms with Crippen LogP contribution in [0.15, 0.2) is 11.6 Å². The van der Waals surface area contributed by atoms with Crippen LogP contribution in [0.4, 0.5) is 0 Å². The van der Waals surface area contributed by atoms with Gasteiger partial charge in [-0.05, 0) is 13.3 Å². The molecule has 0 aromatic rings. The van der Waals surface area contributed by atoms with Gasteiger partial charge in [0.1, 0.15) is 0 Å². The number of rotatable bonds is 4. The van der Waals surface area contributed by atoms with E-state index < -0.39 is 0 Å². The van der Waals surface area contributed by atoms with Gasteiger partial charge in [0.15, 0.2) is 0 Å². The number of imide groups is 1. The molecule has 1 aliphatic heterocycles. The molecule has 0 radical (unpaired) electrons. The number of methoxy groups -OCH3 is 1. The molecule has 1 saturated heterocycles. The average Bonchev–Trinajstić information content (AvgIpc) is 2.35. The van der Waals surface area contributed by atoms with E-state index >= 15 is 0 Å². The third-order valence-electron chi connectivity index (χ3n) is 2.94. The van der Waals surface area contributed by atoms with E-state index in [-0.39, 0.29) is 30.4 Å². The van der Waals surface area contributed by atoms with Crippen LogP contribution >= 0.6 is 0 Å². The molecule has 1 atom stereocenters. The fraction of sp³-hybridized carbons (Fsp3) is 0.583. The first-order chi connectivity index (χ1) is 8.49. The van der Waals surface area contributed by atoms with E-state index in [1.165, 1.54) is 7.11 Å². The van der Waals surface area contributed by atoms with Crippen molar-refractivity contribution >= 4 is 17.8 Å². The number of carbonyl (C=O) groups is 3. The summed E-state index contributed by atoms with van der Waals surface area (Å²) in [5.41, 5.74) is 0.545. The van der Waals surface area contributed by atoms with Crippen LogP contribution in [0.2, 0.25) is 0 Å². The number of amides is 2. The van der Waals surface area contributed by atoms with Gasteiger partial charge in [-0.2, -0.15) is 0 Å². The Balaban J connectivity index is 2.71. The minimum Gasteiger partial charge on any atom is -0.466 e. The Kier molecular flexibility index (Phi) is 5.03. The predicted molar refractivity (Wildman–Crippen MR) is 64.6 cm³/mol. The average molecular weight is 254 g/mol. The van der Waals surface area contributed by atoms with Crippen LogP contribution in [0.5, 0.6) is 0 Å². The zero-order chi connectivity index (χ0) is 13.7. The van der Waals surface area contributed by atoms with Gasteiger partial charge in [-0.1, -0.05) is 13.0 Å². The highest BCUT2D eigenvalue weighted by atomic mass is 16.5. The number of esters is 1. The molecule has 0 aliphatic carbocycles. The van der Waals surface area contributed by atoms with Crippen molar-refractivity contribution in [3.05, 3.63) is 11.6 Å². The van der Waals surface area contributed by atoms with Crippen molar-refractivity contribution in [1.82, 2.24) is 10.2 Å². The van der Waals surface area contributed by atoms with Gasteiger partial charge >= 0.3 is 5.97 Å². The van der Waals surface area contributed by atoms with Crippen LogP contribution in [0.1, 0.15) is 20.3 Å². The Morgan fingerprint density at radius 3 is 2.78 bits per heavy atom. The number of nitrogens with zero attached hydrogens (tertiary/aromatic N) is 1. The van der Waals surface area contributed by atoms with Crippen molar-refractivity contribution in [2.75, 3.05) is 20.2 Å². The zero-order valence-corrected chi connectivity index (χ0v) is 10.9. The maximum Gasteiger partial charge on any atom is 0.333 e. The molecule has 100 valence electrons. The van der Waals surface area contributed by atoms with Crippen molar-refractivity contribution in [1.29, 1.82) is 0 Å². The Hall–Kier alpha value is -1.69. The van der Waals surface area contributed by atoms with Gasteiger partial charge in [-0.15, -0.1) is 0 Å².